The second kappa shape index (κ2) is 9.72. The van der Waals surface area contributed by atoms with Gasteiger partial charge in [0.15, 0.2) is 11.0 Å². The highest BCUT2D eigenvalue weighted by molar-refractivity contribution is 8.26. The van der Waals surface area contributed by atoms with Crippen molar-refractivity contribution in [1.29, 1.82) is 5.41 Å². The van der Waals surface area contributed by atoms with Crippen LogP contribution in [0.2, 0.25) is 0 Å². The van der Waals surface area contributed by atoms with E-state index in [2.05, 4.69) is 15.0 Å². The van der Waals surface area contributed by atoms with E-state index in [9.17, 15) is 9.59 Å². The predicted molar refractivity (Wildman–Crippen MR) is 132 cm³/mol. The summed E-state index contributed by atoms with van der Waals surface area (Å²) < 4.78 is 15.9. The molecule has 0 aliphatic carbocycles. The molecule has 3 heterocycles. The van der Waals surface area contributed by atoms with Crippen LogP contribution in [0.15, 0.2) is 64.2 Å². The van der Waals surface area contributed by atoms with E-state index in [0.29, 0.717) is 59.3 Å². The molecule has 2 aromatic rings. The maximum atomic E-state index is 12.7. The Morgan fingerprint density at radius 1 is 1.11 bits per heavy atom. The number of carbonyl (C=O) groups excluding carboxylic acids is 2. The minimum atomic E-state index is -0.512. The molecule has 3 aliphatic heterocycles. The SMILES string of the molecule is COc1cccc(C(=O)Oc2ccc(/C=C3\C(=N)N4N=C(N5CCOCC5)SC4=NC3=O)cc2)c1. The number of amidine groups is 3. The first-order chi connectivity index (χ1) is 17.0. The molecule has 10 nitrogen and oxygen atoms in total. The van der Waals surface area contributed by atoms with Crippen molar-refractivity contribution >= 4 is 45.9 Å². The Hall–Kier alpha value is -3.96. The van der Waals surface area contributed by atoms with Gasteiger partial charge in [-0.05, 0) is 53.7 Å². The van der Waals surface area contributed by atoms with E-state index in [1.165, 1.54) is 23.9 Å². The van der Waals surface area contributed by atoms with Gasteiger partial charge in [-0.3, -0.25) is 10.2 Å². The fourth-order valence-corrected chi connectivity index (χ4v) is 4.52. The lowest BCUT2D eigenvalue weighted by Gasteiger charge is -2.26. The second-order valence-electron chi connectivity index (χ2n) is 7.69. The first-order valence-electron chi connectivity index (χ1n) is 10.8. The third-order valence-electron chi connectivity index (χ3n) is 5.43. The standard InChI is InChI=1S/C24H21N5O5S/c1-32-18-4-2-3-16(14-18)22(31)34-17-7-5-15(6-8-17)13-19-20(25)29-23(26-21(19)30)35-24(27-29)28-9-11-33-12-10-28/h2-8,13-14,25H,9-12H2,1H3/b19-13+,25-20?. The molecule has 0 atom stereocenters. The number of amides is 1. The molecule has 2 aromatic carbocycles. The summed E-state index contributed by atoms with van der Waals surface area (Å²) in [6.07, 6.45) is 1.57. The second-order valence-corrected chi connectivity index (χ2v) is 8.63. The van der Waals surface area contributed by atoms with Crippen LogP contribution in [0.5, 0.6) is 11.5 Å². The van der Waals surface area contributed by atoms with Crippen molar-refractivity contribution in [3.05, 3.63) is 65.2 Å². The molecule has 35 heavy (non-hydrogen) atoms. The summed E-state index contributed by atoms with van der Waals surface area (Å²) in [5.41, 5.74) is 1.15. The maximum absolute atomic E-state index is 12.7. The molecule has 11 heteroatoms. The Kier molecular flexibility index (Phi) is 6.34. The molecule has 0 saturated carbocycles. The first-order valence-corrected chi connectivity index (χ1v) is 11.6. The van der Waals surface area contributed by atoms with E-state index in [4.69, 9.17) is 19.6 Å². The molecular formula is C24H21N5O5S. The van der Waals surface area contributed by atoms with Crippen molar-refractivity contribution in [3.8, 4) is 11.5 Å². The monoisotopic (exact) mass is 491 g/mol. The van der Waals surface area contributed by atoms with E-state index in [-0.39, 0.29) is 11.4 Å². The highest BCUT2D eigenvalue weighted by Gasteiger charge is 2.37. The molecule has 0 aromatic heterocycles. The number of rotatable bonds is 4. The maximum Gasteiger partial charge on any atom is 0.343 e. The lowest BCUT2D eigenvalue weighted by atomic mass is 10.1. The number of hydrazone groups is 1. The van der Waals surface area contributed by atoms with Crippen LogP contribution in [0.1, 0.15) is 15.9 Å². The van der Waals surface area contributed by atoms with Crippen LogP contribution in [-0.4, -0.2) is 71.4 Å². The molecule has 5 rings (SSSR count). The number of carbonyl (C=O) groups is 2. The number of hydrogen-bond donors (Lipinski definition) is 1. The number of hydrogen-bond acceptors (Lipinski definition) is 9. The highest BCUT2D eigenvalue weighted by Crippen LogP contribution is 2.30. The van der Waals surface area contributed by atoms with Gasteiger partial charge >= 0.3 is 5.97 Å². The average molecular weight is 492 g/mol. The van der Waals surface area contributed by atoms with Crippen LogP contribution < -0.4 is 9.47 Å². The number of thioether (sulfide) groups is 1. The number of aliphatic imine (C=N–C) groups is 1. The third-order valence-corrected chi connectivity index (χ3v) is 6.40. The van der Waals surface area contributed by atoms with Gasteiger partial charge in [-0.15, -0.1) is 5.10 Å². The van der Waals surface area contributed by atoms with E-state index in [0.717, 1.165) is 0 Å². The molecule has 0 radical (unpaired) electrons. The van der Waals surface area contributed by atoms with Crippen molar-refractivity contribution in [2.45, 2.75) is 0 Å². The molecule has 0 unspecified atom stereocenters. The Bertz CT molecular complexity index is 1280. The number of nitrogens with one attached hydrogen (secondary N) is 1. The average Bonchev–Trinajstić information content (AvgIpc) is 3.32. The molecule has 1 fully saturated rings. The number of fused-ring (bicyclic) bond motifs is 1. The lowest BCUT2D eigenvalue weighted by Crippen LogP contribution is -2.39. The smallest absolute Gasteiger partial charge is 0.343 e. The van der Waals surface area contributed by atoms with Gasteiger partial charge in [0.1, 0.15) is 11.5 Å². The van der Waals surface area contributed by atoms with Gasteiger partial charge in [0.25, 0.3) is 5.91 Å². The molecule has 0 bridgehead atoms. The number of nitrogens with zero attached hydrogens (tertiary/aromatic N) is 4. The topological polar surface area (TPSA) is 117 Å². The molecule has 1 saturated heterocycles. The van der Waals surface area contributed by atoms with Crippen molar-refractivity contribution in [2.75, 3.05) is 33.4 Å². The van der Waals surface area contributed by atoms with Crippen LogP contribution in [0.3, 0.4) is 0 Å². The van der Waals surface area contributed by atoms with Crippen LogP contribution in [0.4, 0.5) is 0 Å². The van der Waals surface area contributed by atoms with Crippen molar-refractivity contribution in [2.24, 2.45) is 10.1 Å². The zero-order valence-corrected chi connectivity index (χ0v) is 19.6. The van der Waals surface area contributed by atoms with Gasteiger partial charge in [0, 0.05) is 13.1 Å². The lowest BCUT2D eigenvalue weighted by molar-refractivity contribution is -0.114. The quantitative estimate of drug-likeness (QED) is 0.394. The molecule has 0 spiro atoms. The normalized spacial score (nSPS) is 18.8. The van der Waals surface area contributed by atoms with Crippen LogP contribution in [0.25, 0.3) is 6.08 Å². The minimum Gasteiger partial charge on any atom is -0.497 e. The van der Waals surface area contributed by atoms with Gasteiger partial charge in [-0.2, -0.15) is 10.0 Å². The van der Waals surface area contributed by atoms with Crippen LogP contribution in [-0.2, 0) is 9.53 Å². The largest absolute Gasteiger partial charge is 0.497 e. The van der Waals surface area contributed by atoms with E-state index in [1.807, 2.05) is 0 Å². The predicted octanol–water partition coefficient (Wildman–Crippen LogP) is 2.82. The van der Waals surface area contributed by atoms with Gasteiger partial charge in [-0.1, -0.05) is 18.2 Å². The summed E-state index contributed by atoms with van der Waals surface area (Å²) in [5.74, 6) is -0.141. The van der Waals surface area contributed by atoms with Crippen molar-refractivity contribution in [1.82, 2.24) is 9.91 Å². The third kappa shape index (κ3) is 4.81. The molecule has 3 aliphatic rings. The zero-order valence-electron chi connectivity index (χ0n) is 18.8. The fraction of sp³-hybridized carbons (Fsp3) is 0.208. The summed E-state index contributed by atoms with van der Waals surface area (Å²) in [4.78, 5) is 31.2. The van der Waals surface area contributed by atoms with E-state index >= 15 is 0 Å². The summed E-state index contributed by atoms with van der Waals surface area (Å²) in [7, 11) is 1.53. The van der Waals surface area contributed by atoms with E-state index < -0.39 is 11.9 Å². The van der Waals surface area contributed by atoms with E-state index in [1.54, 1.807) is 54.6 Å². The van der Waals surface area contributed by atoms with Crippen LogP contribution in [0, 0.1) is 5.41 Å². The molecule has 1 amide bonds. The molecular weight excluding hydrogens is 470 g/mol. The van der Waals surface area contributed by atoms with Crippen LogP contribution >= 0.6 is 11.8 Å². The van der Waals surface area contributed by atoms with Gasteiger partial charge in [0.05, 0.1) is 31.5 Å². The Morgan fingerprint density at radius 2 is 1.89 bits per heavy atom. The summed E-state index contributed by atoms with van der Waals surface area (Å²) in [5, 5.41) is 15.5. The number of esters is 1. The number of methoxy groups -OCH3 is 1. The number of morpholine rings is 1. The van der Waals surface area contributed by atoms with Crippen molar-refractivity contribution < 1.29 is 23.8 Å². The number of ether oxygens (including phenoxy) is 3. The highest BCUT2D eigenvalue weighted by atomic mass is 32.2. The summed E-state index contributed by atoms with van der Waals surface area (Å²) >= 11 is 1.28. The Labute approximate surface area is 205 Å². The Balaban J connectivity index is 1.30. The molecule has 1 N–H and O–H groups in total. The van der Waals surface area contributed by atoms with Gasteiger partial charge in [-0.25, -0.2) is 4.79 Å². The summed E-state index contributed by atoms with van der Waals surface area (Å²) in [6, 6.07) is 13.3. The number of benzene rings is 2. The fourth-order valence-electron chi connectivity index (χ4n) is 3.58. The molecule has 178 valence electrons. The first kappa shape index (κ1) is 22.8. The zero-order chi connectivity index (χ0) is 24.4. The van der Waals surface area contributed by atoms with Gasteiger partial charge < -0.3 is 19.1 Å². The Morgan fingerprint density at radius 3 is 2.63 bits per heavy atom. The van der Waals surface area contributed by atoms with Gasteiger partial charge in [0.2, 0.25) is 5.17 Å². The minimum absolute atomic E-state index is 0.0377. The van der Waals surface area contributed by atoms with Crippen molar-refractivity contribution in [3.63, 3.8) is 0 Å². The summed E-state index contributed by atoms with van der Waals surface area (Å²) in [6.45, 7) is 2.62.